The van der Waals surface area contributed by atoms with E-state index in [0.717, 1.165) is 5.56 Å². The highest BCUT2D eigenvalue weighted by atomic mass is 16.4. The average Bonchev–Trinajstić information content (AvgIpc) is 3.08. The molecule has 1 atom stereocenters. The predicted octanol–water partition coefficient (Wildman–Crippen LogP) is 2.25. The van der Waals surface area contributed by atoms with Gasteiger partial charge in [-0.15, -0.1) is 5.10 Å². The van der Waals surface area contributed by atoms with E-state index in [9.17, 15) is 14.7 Å². The minimum absolute atomic E-state index is 0.192. The molecule has 0 aliphatic heterocycles. The number of aliphatic carboxylic acids is 1. The van der Waals surface area contributed by atoms with Gasteiger partial charge in [-0.05, 0) is 35.0 Å². The molecule has 0 saturated carbocycles. The van der Waals surface area contributed by atoms with Crippen LogP contribution < -0.4 is 5.32 Å². The summed E-state index contributed by atoms with van der Waals surface area (Å²) in [7, 11) is 1.72. The molecule has 27 heavy (non-hydrogen) atoms. The number of anilines is 1. The zero-order valence-electron chi connectivity index (χ0n) is 15.0. The van der Waals surface area contributed by atoms with Gasteiger partial charge in [0, 0.05) is 24.7 Å². The molecule has 0 aliphatic carbocycles. The van der Waals surface area contributed by atoms with Gasteiger partial charge in [-0.1, -0.05) is 42.5 Å². The van der Waals surface area contributed by atoms with Crippen LogP contribution in [0.25, 0.3) is 11.4 Å². The number of tetrazole rings is 1. The van der Waals surface area contributed by atoms with E-state index in [1.807, 2.05) is 6.07 Å². The molecule has 1 aromatic heterocycles. The second-order valence-corrected chi connectivity index (χ2v) is 6.44. The van der Waals surface area contributed by atoms with E-state index in [1.54, 1.807) is 62.5 Å². The first-order valence-electron chi connectivity index (χ1n) is 8.32. The number of nitrogens with zero attached hydrogens (tertiary/aromatic N) is 4. The lowest BCUT2D eigenvalue weighted by molar-refractivity contribution is -0.145. The summed E-state index contributed by atoms with van der Waals surface area (Å²) < 4.78 is 1.53. The van der Waals surface area contributed by atoms with Crippen molar-refractivity contribution in [1.29, 1.82) is 0 Å². The monoisotopic (exact) mass is 365 g/mol. The molecule has 2 aromatic carbocycles. The number of carboxylic acid groups (broad SMARTS) is 1. The molecule has 1 amide bonds. The van der Waals surface area contributed by atoms with E-state index in [0.29, 0.717) is 17.1 Å². The first kappa shape index (κ1) is 18.2. The number of nitrogens with one attached hydrogen (secondary N) is 1. The molecule has 0 radical (unpaired) electrons. The van der Waals surface area contributed by atoms with Crippen LogP contribution >= 0.6 is 0 Å². The summed E-state index contributed by atoms with van der Waals surface area (Å²) in [5, 5.41) is 23.8. The van der Waals surface area contributed by atoms with E-state index in [2.05, 4.69) is 20.8 Å². The van der Waals surface area contributed by atoms with Crippen molar-refractivity contribution in [3.63, 3.8) is 0 Å². The number of benzene rings is 2. The Kier molecular flexibility index (Phi) is 4.98. The molecule has 0 unspecified atom stereocenters. The smallest absolute Gasteiger partial charge is 0.314 e. The maximum Gasteiger partial charge on any atom is 0.314 e. The van der Waals surface area contributed by atoms with E-state index in [1.165, 1.54) is 4.68 Å². The summed E-state index contributed by atoms with van der Waals surface area (Å²) in [6.45, 7) is 1.55. The van der Waals surface area contributed by atoms with Gasteiger partial charge in [0.15, 0.2) is 5.82 Å². The Morgan fingerprint density at radius 2 is 1.89 bits per heavy atom. The van der Waals surface area contributed by atoms with E-state index >= 15 is 0 Å². The van der Waals surface area contributed by atoms with Gasteiger partial charge in [-0.2, -0.15) is 0 Å². The zero-order chi connectivity index (χ0) is 19.4. The molecule has 138 valence electrons. The highest BCUT2D eigenvalue weighted by Gasteiger charge is 2.37. The molecule has 0 bridgehead atoms. The lowest BCUT2D eigenvalue weighted by Gasteiger charge is -2.24. The summed E-state index contributed by atoms with van der Waals surface area (Å²) >= 11 is 0. The van der Waals surface area contributed by atoms with Crippen LogP contribution in [0, 0.1) is 0 Å². The number of hydrogen-bond acceptors (Lipinski definition) is 5. The molecule has 0 fully saturated rings. The number of carbonyl (C=O) groups is 2. The molecule has 8 heteroatoms. The lowest BCUT2D eigenvalue weighted by atomic mass is 9.79. The average molecular weight is 365 g/mol. The van der Waals surface area contributed by atoms with Crippen molar-refractivity contribution in [3.8, 4) is 11.4 Å². The molecular formula is C19H19N5O3. The standard InChI is InChI=1S/C19H19N5O3/c1-19(18(26)27,14-8-4-3-5-9-14)12-16(25)20-15-10-6-7-13(11-15)17-21-22-23-24(17)2/h3-11H,12H2,1-2H3,(H,20,25)(H,26,27)/t19-/m1/s1. The van der Waals surface area contributed by atoms with Crippen LogP contribution in [0.15, 0.2) is 54.6 Å². The van der Waals surface area contributed by atoms with Crippen molar-refractivity contribution >= 4 is 17.6 Å². The van der Waals surface area contributed by atoms with Crippen molar-refractivity contribution in [1.82, 2.24) is 20.2 Å². The Bertz CT molecular complexity index is 970. The first-order chi connectivity index (χ1) is 12.9. The summed E-state index contributed by atoms with van der Waals surface area (Å²) in [4.78, 5) is 24.4. The van der Waals surface area contributed by atoms with Crippen LogP contribution in [0.2, 0.25) is 0 Å². The van der Waals surface area contributed by atoms with E-state index in [4.69, 9.17) is 0 Å². The molecule has 0 saturated heterocycles. The number of amides is 1. The Morgan fingerprint density at radius 1 is 1.15 bits per heavy atom. The molecule has 8 nitrogen and oxygen atoms in total. The van der Waals surface area contributed by atoms with Crippen LogP contribution in [0.3, 0.4) is 0 Å². The minimum Gasteiger partial charge on any atom is -0.481 e. The third-order valence-electron chi connectivity index (χ3n) is 4.42. The van der Waals surface area contributed by atoms with Gasteiger partial charge in [0.05, 0.1) is 5.41 Å². The Hall–Kier alpha value is -3.55. The van der Waals surface area contributed by atoms with Gasteiger partial charge < -0.3 is 10.4 Å². The van der Waals surface area contributed by atoms with Crippen LogP contribution in [0.1, 0.15) is 18.9 Å². The second-order valence-electron chi connectivity index (χ2n) is 6.44. The molecule has 0 aliphatic rings. The maximum absolute atomic E-state index is 12.6. The molecule has 3 rings (SSSR count). The van der Waals surface area contributed by atoms with Gasteiger partial charge >= 0.3 is 5.97 Å². The van der Waals surface area contributed by atoms with Crippen molar-refractivity contribution in [2.75, 3.05) is 5.32 Å². The number of hydrogen-bond donors (Lipinski definition) is 2. The topological polar surface area (TPSA) is 110 Å². The van der Waals surface area contributed by atoms with Crippen molar-refractivity contribution in [3.05, 3.63) is 60.2 Å². The number of aromatic nitrogens is 4. The predicted molar refractivity (Wildman–Crippen MR) is 98.9 cm³/mol. The molecule has 1 heterocycles. The first-order valence-corrected chi connectivity index (χ1v) is 8.32. The Labute approximate surface area is 155 Å². The third kappa shape index (κ3) is 3.84. The Balaban J connectivity index is 1.79. The van der Waals surface area contributed by atoms with Crippen molar-refractivity contribution in [2.45, 2.75) is 18.8 Å². The summed E-state index contributed by atoms with van der Waals surface area (Å²) in [6.07, 6.45) is -0.192. The molecule has 2 N–H and O–H groups in total. The summed E-state index contributed by atoms with van der Waals surface area (Å²) in [6, 6.07) is 15.8. The second kappa shape index (κ2) is 7.36. The number of carbonyl (C=O) groups excluding carboxylic acids is 1. The van der Waals surface area contributed by atoms with E-state index < -0.39 is 17.3 Å². The third-order valence-corrected chi connectivity index (χ3v) is 4.42. The highest BCUT2D eigenvalue weighted by Crippen LogP contribution is 2.29. The number of rotatable bonds is 6. The normalized spacial score (nSPS) is 13.0. The maximum atomic E-state index is 12.6. The van der Waals surface area contributed by atoms with Crippen LogP contribution in [0.4, 0.5) is 5.69 Å². The van der Waals surface area contributed by atoms with Crippen LogP contribution in [0.5, 0.6) is 0 Å². The van der Waals surface area contributed by atoms with E-state index in [-0.39, 0.29) is 6.42 Å². The fourth-order valence-corrected chi connectivity index (χ4v) is 2.84. The number of aryl methyl sites for hydroxylation is 1. The van der Waals surface area contributed by atoms with Crippen LogP contribution in [-0.2, 0) is 22.1 Å². The fourth-order valence-electron chi connectivity index (χ4n) is 2.84. The largest absolute Gasteiger partial charge is 0.481 e. The van der Waals surface area contributed by atoms with Gasteiger partial charge in [0.25, 0.3) is 0 Å². The SMILES string of the molecule is Cn1nnnc1-c1cccc(NC(=O)C[C@@](C)(C(=O)O)c2ccccc2)c1. The number of carboxylic acids is 1. The quantitative estimate of drug-likeness (QED) is 0.693. The molecular weight excluding hydrogens is 346 g/mol. The van der Waals surface area contributed by atoms with Crippen molar-refractivity contribution in [2.24, 2.45) is 7.05 Å². The molecule has 3 aromatic rings. The van der Waals surface area contributed by atoms with Crippen LogP contribution in [-0.4, -0.2) is 37.2 Å². The van der Waals surface area contributed by atoms with Crippen molar-refractivity contribution < 1.29 is 14.7 Å². The molecule has 0 spiro atoms. The summed E-state index contributed by atoms with van der Waals surface area (Å²) in [5.41, 5.74) is 0.536. The summed E-state index contributed by atoms with van der Waals surface area (Å²) in [5.74, 6) is -0.884. The Morgan fingerprint density at radius 3 is 2.52 bits per heavy atom. The fraction of sp³-hybridized carbons (Fsp3) is 0.211. The van der Waals surface area contributed by atoms with Gasteiger partial charge in [0.1, 0.15) is 0 Å². The van der Waals surface area contributed by atoms with Gasteiger partial charge in [0.2, 0.25) is 5.91 Å². The van der Waals surface area contributed by atoms with Gasteiger partial charge in [-0.3, -0.25) is 9.59 Å². The lowest BCUT2D eigenvalue weighted by Crippen LogP contribution is -2.36. The van der Waals surface area contributed by atoms with Gasteiger partial charge in [-0.25, -0.2) is 4.68 Å². The minimum atomic E-state index is -1.32. The zero-order valence-corrected chi connectivity index (χ0v) is 15.0. The highest BCUT2D eigenvalue weighted by molar-refractivity contribution is 5.96.